The summed E-state index contributed by atoms with van der Waals surface area (Å²) in [4.78, 5) is 30.5. The average molecular weight is 364 g/mol. The van der Waals surface area contributed by atoms with Gasteiger partial charge in [-0.2, -0.15) is 0 Å². The number of fused-ring (bicyclic) bond motifs is 3. The molecule has 0 amide bonds. The molecule has 1 aliphatic carbocycles. The standard InChI is InChI=1S/C22H24N2O3/c1-3-27-22(26)17-13-16-20(23-19(17)14-9-5-4-6-10-14)15-11-7-8-12-18(15)24(2)21(16)25/h7-8,11-14H,3-6,9-10H2,1-2H3. The van der Waals surface area contributed by atoms with Crippen LogP contribution in [-0.4, -0.2) is 22.1 Å². The lowest BCUT2D eigenvalue weighted by Gasteiger charge is -2.23. The molecule has 0 N–H and O–H groups in total. The van der Waals surface area contributed by atoms with Crippen molar-refractivity contribution in [3.8, 4) is 0 Å². The van der Waals surface area contributed by atoms with Crippen LogP contribution in [0.5, 0.6) is 0 Å². The van der Waals surface area contributed by atoms with Crippen LogP contribution in [0, 0.1) is 0 Å². The van der Waals surface area contributed by atoms with Crippen LogP contribution < -0.4 is 5.56 Å². The van der Waals surface area contributed by atoms with Gasteiger partial charge in [0.2, 0.25) is 0 Å². The summed E-state index contributed by atoms with van der Waals surface area (Å²) in [5.74, 6) is -0.145. The molecule has 4 rings (SSSR count). The Hall–Kier alpha value is -2.69. The molecule has 5 nitrogen and oxygen atoms in total. The van der Waals surface area contributed by atoms with Crippen LogP contribution in [-0.2, 0) is 11.8 Å². The van der Waals surface area contributed by atoms with Crippen molar-refractivity contribution in [2.75, 3.05) is 6.61 Å². The fourth-order valence-electron chi connectivity index (χ4n) is 4.21. The van der Waals surface area contributed by atoms with Crippen LogP contribution >= 0.6 is 0 Å². The molecule has 1 saturated carbocycles. The molecule has 1 aromatic carbocycles. The maximum atomic E-state index is 12.9. The van der Waals surface area contributed by atoms with Gasteiger partial charge in [0.15, 0.2) is 0 Å². The van der Waals surface area contributed by atoms with E-state index in [-0.39, 0.29) is 17.4 Å². The highest BCUT2D eigenvalue weighted by molar-refractivity contribution is 6.05. The Bertz CT molecular complexity index is 1080. The van der Waals surface area contributed by atoms with E-state index in [0.717, 1.165) is 42.3 Å². The second-order valence-electron chi connectivity index (χ2n) is 7.25. The van der Waals surface area contributed by atoms with Crippen molar-refractivity contribution < 1.29 is 9.53 Å². The fraction of sp³-hybridized carbons (Fsp3) is 0.409. The smallest absolute Gasteiger partial charge is 0.340 e. The predicted octanol–water partition coefficient (Wildman–Crippen LogP) is 4.31. The van der Waals surface area contributed by atoms with Gasteiger partial charge in [0, 0.05) is 18.4 Å². The molecule has 1 aliphatic rings. The number of hydrogen-bond acceptors (Lipinski definition) is 4. The van der Waals surface area contributed by atoms with Crippen LogP contribution in [0.1, 0.15) is 61.0 Å². The zero-order valence-electron chi connectivity index (χ0n) is 15.8. The van der Waals surface area contributed by atoms with E-state index < -0.39 is 0 Å². The van der Waals surface area contributed by atoms with Crippen LogP contribution in [0.15, 0.2) is 35.1 Å². The number of benzene rings is 1. The first-order valence-corrected chi connectivity index (χ1v) is 9.71. The Morgan fingerprint density at radius 3 is 2.67 bits per heavy atom. The van der Waals surface area contributed by atoms with Gasteiger partial charge < -0.3 is 9.30 Å². The number of ether oxygens (including phenoxy) is 1. The molecule has 0 spiro atoms. The lowest BCUT2D eigenvalue weighted by molar-refractivity contribution is 0.0523. The summed E-state index contributed by atoms with van der Waals surface area (Å²) < 4.78 is 6.90. The Labute approximate surface area is 158 Å². The summed E-state index contributed by atoms with van der Waals surface area (Å²) in [5, 5.41) is 1.40. The van der Waals surface area contributed by atoms with E-state index in [1.165, 1.54) is 6.42 Å². The number of rotatable bonds is 3. The summed E-state index contributed by atoms with van der Waals surface area (Å²) in [5.41, 5.74) is 2.63. The van der Waals surface area contributed by atoms with Gasteiger partial charge in [-0.15, -0.1) is 0 Å². The monoisotopic (exact) mass is 364 g/mol. The number of pyridine rings is 2. The number of hydrogen-bond donors (Lipinski definition) is 0. The molecule has 0 atom stereocenters. The van der Waals surface area contributed by atoms with E-state index in [1.807, 2.05) is 24.3 Å². The molecule has 2 aromatic heterocycles. The van der Waals surface area contributed by atoms with Crippen molar-refractivity contribution >= 4 is 27.8 Å². The molecule has 0 aliphatic heterocycles. The minimum atomic E-state index is -0.386. The minimum Gasteiger partial charge on any atom is -0.462 e. The van der Waals surface area contributed by atoms with Gasteiger partial charge in [-0.25, -0.2) is 4.79 Å². The number of carbonyl (C=O) groups excluding carboxylic acids is 1. The number of esters is 1. The molecular formula is C22H24N2O3. The maximum Gasteiger partial charge on any atom is 0.340 e. The number of aromatic nitrogens is 2. The van der Waals surface area contributed by atoms with Crippen molar-refractivity contribution in [3.63, 3.8) is 0 Å². The summed E-state index contributed by atoms with van der Waals surface area (Å²) in [7, 11) is 1.75. The van der Waals surface area contributed by atoms with E-state index in [4.69, 9.17) is 9.72 Å². The van der Waals surface area contributed by atoms with Crippen molar-refractivity contribution in [1.82, 2.24) is 9.55 Å². The number of aryl methyl sites for hydroxylation is 1. The summed E-state index contributed by atoms with van der Waals surface area (Å²) in [6, 6.07) is 9.49. The first kappa shape index (κ1) is 17.7. The Morgan fingerprint density at radius 2 is 1.93 bits per heavy atom. The third kappa shape index (κ3) is 3.01. The van der Waals surface area contributed by atoms with Gasteiger partial charge in [0.1, 0.15) is 0 Å². The lowest BCUT2D eigenvalue weighted by atomic mass is 9.84. The van der Waals surface area contributed by atoms with E-state index in [1.54, 1.807) is 24.6 Å². The van der Waals surface area contributed by atoms with E-state index in [2.05, 4.69) is 0 Å². The molecule has 0 radical (unpaired) electrons. The number of para-hydroxylation sites is 1. The molecule has 140 valence electrons. The number of carbonyl (C=O) groups is 1. The Morgan fingerprint density at radius 1 is 1.19 bits per heavy atom. The highest BCUT2D eigenvalue weighted by Gasteiger charge is 2.26. The molecule has 0 saturated heterocycles. The third-order valence-corrected chi connectivity index (χ3v) is 5.59. The maximum absolute atomic E-state index is 12.9. The normalized spacial score (nSPS) is 15.3. The lowest BCUT2D eigenvalue weighted by Crippen LogP contribution is -2.21. The third-order valence-electron chi connectivity index (χ3n) is 5.59. The first-order chi connectivity index (χ1) is 13.1. The second kappa shape index (κ2) is 7.14. The van der Waals surface area contributed by atoms with Gasteiger partial charge in [-0.05, 0) is 31.9 Å². The Kier molecular flexibility index (Phi) is 4.68. The summed E-state index contributed by atoms with van der Waals surface area (Å²) in [6.45, 7) is 2.09. The van der Waals surface area contributed by atoms with Crippen LogP contribution in [0.25, 0.3) is 21.8 Å². The van der Waals surface area contributed by atoms with Gasteiger partial charge in [-0.1, -0.05) is 37.5 Å². The van der Waals surface area contributed by atoms with Gasteiger partial charge in [0.25, 0.3) is 5.56 Å². The van der Waals surface area contributed by atoms with Crippen LogP contribution in [0.4, 0.5) is 0 Å². The van der Waals surface area contributed by atoms with Crippen LogP contribution in [0.3, 0.4) is 0 Å². The molecule has 5 heteroatoms. The highest BCUT2D eigenvalue weighted by atomic mass is 16.5. The van der Waals surface area contributed by atoms with Gasteiger partial charge >= 0.3 is 5.97 Å². The SMILES string of the molecule is CCOC(=O)c1cc2c(=O)n(C)c3ccccc3c2nc1C1CCCCC1. The minimum absolute atomic E-state index is 0.142. The van der Waals surface area contributed by atoms with Gasteiger partial charge in [-0.3, -0.25) is 9.78 Å². The van der Waals surface area contributed by atoms with E-state index in [0.29, 0.717) is 23.1 Å². The fourth-order valence-corrected chi connectivity index (χ4v) is 4.21. The molecule has 1 fully saturated rings. The zero-order chi connectivity index (χ0) is 19.0. The molecule has 2 heterocycles. The largest absolute Gasteiger partial charge is 0.462 e. The van der Waals surface area contributed by atoms with Crippen molar-refractivity contribution in [2.24, 2.45) is 7.05 Å². The quantitative estimate of drug-likeness (QED) is 0.513. The topological polar surface area (TPSA) is 61.2 Å². The van der Waals surface area contributed by atoms with E-state index in [9.17, 15) is 9.59 Å². The Balaban J connectivity index is 2.05. The number of nitrogens with zero attached hydrogens (tertiary/aromatic N) is 2. The second-order valence-corrected chi connectivity index (χ2v) is 7.25. The molecule has 3 aromatic rings. The van der Waals surface area contributed by atoms with Crippen molar-refractivity contribution in [3.05, 3.63) is 51.9 Å². The van der Waals surface area contributed by atoms with E-state index >= 15 is 0 Å². The molecule has 27 heavy (non-hydrogen) atoms. The predicted molar refractivity (Wildman–Crippen MR) is 106 cm³/mol. The highest BCUT2D eigenvalue weighted by Crippen LogP contribution is 2.35. The molecule has 0 unspecified atom stereocenters. The van der Waals surface area contributed by atoms with Crippen molar-refractivity contribution in [1.29, 1.82) is 0 Å². The van der Waals surface area contributed by atoms with Crippen LogP contribution in [0.2, 0.25) is 0 Å². The van der Waals surface area contributed by atoms with Gasteiger partial charge in [0.05, 0.1) is 34.3 Å². The van der Waals surface area contributed by atoms with Crippen molar-refractivity contribution in [2.45, 2.75) is 44.9 Å². The zero-order valence-corrected chi connectivity index (χ0v) is 15.8. The average Bonchev–Trinajstić information content (AvgIpc) is 2.72. The first-order valence-electron chi connectivity index (χ1n) is 9.71. The molecule has 0 bridgehead atoms. The summed E-state index contributed by atoms with van der Waals surface area (Å²) in [6.07, 6.45) is 5.55. The summed E-state index contributed by atoms with van der Waals surface area (Å²) >= 11 is 0. The molecular weight excluding hydrogens is 340 g/mol.